The lowest BCUT2D eigenvalue weighted by atomic mass is 9.92. The van der Waals surface area contributed by atoms with Crippen LogP contribution in [0, 0.1) is 0 Å². The molecule has 0 heterocycles. The number of hydrogen-bond donors (Lipinski definition) is 2. The second kappa shape index (κ2) is 6.25. The molecule has 1 aliphatic rings. The van der Waals surface area contributed by atoms with Gasteiger partial charge >= 0.3 is 0 Å². The van der Waals surface area contributed by atoms with Crippen molar-refractivity contribution in [3.05, 3.63) is 33.8 Å². The molecule has 2 N–H and O–H groups in total. The van der Waals surface area contributed by atoms with E-state index in [0.29, 0.717) is 16.1 Å². The van der Waals surface area contributed by atoms with Crippen LogP contribution in [0.5, 0.6) is 0 Å². The predicted octanol–water partition coefficient (Wildman–Crippen LogP) is 3.95. The SMILES string of the molecule is CC(NC1CCC(O)CC1)c1cccc(Cl)c1Cl. The Hall–Kier alpha value is -0.280. The second-order valence-electron chi connectivity index (χ2n) is 5.04. The third kappa shape index (κ3) is 3.39. The Bertz CT molecular complexity index is 403. The van der Waals surface area contributed by atoms with Gasteiger partial charge in [0.05, 0.1) is 16.1 Å². The molecule has 0 saturated heterocycles. The standard InChI is InChI=1S/C14H19Cl2NO/c1-9(12-3-2-4-13(15)14(12)16)17-10-5-7-11(18)8-6-10/h2-4,9-11,17-18H,5-8H2,1H3. The second-order valence-corrected chi connectivity index (χ2v) is 5.82. The summed E-state index contributed by atoms with van der Waals surface area (Å²) in [5.41, 5.74) is 1.04. The molecule has 0 spiro atoms. The molecule has 1 fully saturated rings. The highest BCUT2D eigenvalue weighted by molar-refractivity contribution is 6.42. The maximum absolute atomic E-state index is 9.49. The molecule has 0 bridgehead atoms. The van der Waals surface area contributed by atoms with Crippen LogP contribution in [-0.2, 0) is 0 Å². The maximum atomic E-state index is 9.49. The molecular formula is C14H19Cl2NO. The number of rotatable bonds is 3. The summed E-state index contributed by atoms with van der Waals surface area (Å²) in [5, 5.41) is 14.3. The number of aliphatic hydroxyl groups excluding tert-OH is 1. The van der Waals surface area contributed by atoms with E-state index in [9.17, 15) is 5.11 Å². The van der Waals surface area contributed by atoms with Gasteiger partial charge in [0.1, 0.15) is 0 Å². The Balaban J connectivity index is 1.99. The van der Waals surface area contributed by atoms with Crippen LogP contribution in [0.15, 0.2) is 18.2 Å². The van der Waals surface area contributed by atoms with Crippen molar-refractivity contribution in [2.45, 2.75) is 50.8 Å². The quantitative estimate of drug-likeness (QED) is 0.882. The van der Waals surface area contributed by atoms with Crippen molar-refractivity contribution >= 4 is 23.2 Å². The average Bonchev–Trinajstić information content (AvgIpc) is 2.35. The third-order valence-electron chi connectivity index (χ3n) is 3.63. The van der Waals surface area contributed by atoms with Gasteiger partial charge in [-0.1, -0.05) is 35.3 Å². The summed E-state index contributed by atoms with van der Waals surface area (Å²) in [6.07, 6.45) is 3.68. The fourth-order valence-corrected chi connectivity index (χ4v) is 3.01. The van der Waals surface area contributed by atoms with Gasteiger partial charge in [-0.3, -0.25) is 0 Å². The van der Waals surface area contributed by atoms with E-state index in [2.05, 4.69) is 12.2 Å². The summed E-state index contributed by atoms with van der Waals surface area (Å²) < 4.78 is 0. The fraction of sp³-hybridized carbons (Fsp3) is 0.571. The van der Waals surface area contributed by atoms with Gasteiger partial charge in [-0.2, -0.15) is 0 Å². The normalized spacial score (nSPS) is 26.0. The Morgan fingerprint density at radius 3 is 2.56 bits per heavy atom. The van der Waals surface area contributed by atoms with Crippen LogP contribution in [0.3, 0.4) is 0 Å². The molecule has 1 aliphatic carbocycles. The zero-order valence-electron chi connectivity index (χ0n) is 10.5. The Kier molecular flexibility index (Phi) is 4.91. The van der Waals surface area contributed by atoms with Crippen molar-refractivity contribution in [2.24, 2.45) is 0 Å². The first-order valence-electron chi connectivity index (χ1n) is 6.46. The molecule has 1 aromatic carbocycles. The minimum atomic E-state index is -0.117. The van der Waals surface area contributed by atoms with E-state index < -0.39 is 0 Å². The number of benzene rings is 1. The smallest absolute Gasteiger partial charge is 0.0639 e. The van der Waals surface area contributed by atoms with Gasteiger partial charge in [0.25, 0.3) is 0 Å². The number of hydrogen-bond acceptors (Lipinski definition) is 2. The van der Waals surface area contributed by atoms with Crippen LogP contribution in [0.4, 0.5) is 0 Å². The van der Waals surface area contributed by atoms with E-state index in [-0.39, 0.29) is 12.1 Å². The lowest BCUT2D eigenvalue weighted by Crippen LogP contribution is -2.36. The molecular weight excluding hydrogens is 269 g/mol. The maximum Gasteiger partial charge on any atom is 0.0639 e. The molecule has 100 valence electrons. The molecule has 1 aromatic rings. The van der Waals surface area contributed by atoms with Gasteiger partial charge in [-0.05, 0) is 44.2 Å². The summed E-state index contributed by atoms with van der Waals surface area (Å²) in [4.78, 5) is 0. The zero-order valence-corrected chi connectivity index (χ0v) is 12.0. The van der Waals surface area contributed by atoms with E-state index >= 15 is 0 Å². The van der Waals surface area contributed by atoms with Gasteiger partial charge in [0.15, 0.2) is 0 Å². The summed E-state index contributed by atoms with van der Waals surface area (Å²) >= 11 is 12.2. The lowest BCUT2D eigenvalue weighted by molar-refractivity contribution is 0.114. The molecule has 0 radical (unpaired) electrons. The monoisotopic (exact) mass is 287 g/mol. The summed E-state index contributed by atoms with van der Waals surface area (Å²) in [5.74, 6) is 0. The zero-order chi connectivity index (χ0) is 13.1. The van der Waals surface area contributed by atoms with E-state index in [1.807, 2.05) is 12.1 Å². The minimum Gasteiger partial charge on any atom is -0.393 e. The predicted molar refractivity (Wildman–Crippen MR) is 76.3 cm³/mol. The first kappa shape index (κ1) is 14.1. The summed E-state index contributed by atoms with van der Waals surface area (Å²) in [6, 6.07) is 6.36. The first-order valence-corrected chi connectivity index (χ1v) is 7.21. The molecule has 18 heavy (non-hydrogen) atoms. The molecule has 1 unspecified atom stereocenters. The molecule has 0 aromatic heterocycles. The van der Waals surface area contributed by atoms with Crippen molar-refractivity contribution in [1.29, 1.82) is 0 Å². The van der Waals surface area contributed by atoms with Gasteiger partial charge in [-0.15, -0.1) is 0 Å². The topological polar surface area (TPSA) is 32.3 Å². The number of aliphatic hydroxyl groups is 1. The van der Waals surface area contributed by atoms with Crippen molar-refractivity contribution < 1.29 is 5.11 Å². The van der Waals surface area contributed by atoms with Crippen LogP contribution in [0.1, 0.15) is 44.2 Å². The van der Waals surface area contributed by atoms with Gasteiger partial charge < -0.3 is 10.4 Å². The first-order chi connectivity index (χ1) is 8.58. The molecule has 2 rings (SSSR count). The highest BCUT2D eigenvalue weighted by Crippen LogP contribution is 2.31. The van der Waals surface area contributed by atoms with Crippen molar-refractivity contribution in [3.63, 3.8) is 0 Å². The Morgan fingerprint density at radius 2 is 1.89 bits per heavy atom. The molecule has 4 heteroatoms. The van der Waals surface area contributed by atoms with Crippen molar-refractivity contribution in [2.75, 3.05) is 0 Å². The lowest BCUT2D eigenvalue weighted by Gasteiger charge is -2.29. The van der Waals surface area contributed by atoms with Crippen molar-refractivity contribution in [1.82, 2.24) is 5.32 Å². The van der Waals surface area contributed by atoms with Gasteiger partial charge in [0.2, 0.25) is 0 Å². The Morgan fingerprint density at radius 1 is 1.22 bits per heavy atom. The average molecular weight is 288 g/mol. The highest BCUT2D eigenvalue weighted by atomic mass is 35.5. The molecule has 1 atom stereocenters. The van der Waals surface area contributed by atoms with E-state index in [0.717, 1.165) is 31.2 Å². The van der Waals surface area contributed by atoms with E-state index in [4.69, 9.17) is 23.2 Å². The number of nitrogens with one attached hydrogen (secondary N) is 1. The third-order valence-corrected chi connectivity index (χ3v) is 4.46. The molecule has 0 aliphatic heterocycles. The van der Waals surface area contributed by atoms with E-state index in [1.54, 1.807) is 6.07 Å². The molecule has 2 nitrogen and oxygen atoms in total. The Labute approximate surface area is 118 Å². The fourth-order valence-electron chi connectivity index (χ4n) is 2.54. The van der Waals surface area contributed by atoms with Crippen LogP contribution < -0.4 is 5.32 Å². The minimum absolute atomic E-state index is 0.117. The molecule has 1 saturated carbocycles. The largest absolute Gasteiger partial charge is 0.393 e. The number of halogens is 2. The van der Waals surface area contributed by atoms with Crippen LogP contribution in [-0.4, -0.2) is 17.3 Å². The highest BCUT2D eigenvalue weighted by Gasteiger charge is 2.21. The van der Waals surface area contributed by atoms with E-state index in [1.165, 1.54) is 0 Å². The van der Waals surface area contributed by atoms with Gasteiger partial charge in [-0.25, -0.2) is 0 Å². The van der Waals surface area contributed by atoms with Crippen LogP contribution >= 0.6 is 23.2 Å². The van der Waals surface area contributed by atoms with Crippen molar-refractivity contribution in [3.8, 4) is 0 Å². The summed E-state index contributed by atoms with van der Waals surface area (Å²) in [7, 11) is 0. The van der Waals surface area contributed by atoms with Crippen LogP contribution in [0.2, 0.25) is 10.0 Å². The van der Waals surface area contributed by atoms with Crippen LogP contribution in [0.25, 0.3) is 0 Å². The molecule has 0 amide bonds. The summed E-state index contributed by atoms with van der Waals surface area (Å²) in [6.45, 7) is 2.10. The van der Waals surface area contributed by atoms with Gasteiger partial charge in [0, 0.05) is 12.1 Å².